The van der Waals surface area contributed by atoms with Crippen LogP contribution in [-0.2, 0) is 13.5 Å². The highest BCUT2D eigenvalue weighted by atomic mass is 35.5. The Bertz CT molecular complexity index is 247. The molecule has 0 radical (unpaired) electrons. The second kappa shape index (κ2) is 5.25. The molecule has 0 aliphatic heterocycles. The number of nitrogens with zero attached hydrogens (tertiary/aromatic N) is 2. The Hall–Kier alpha value is -0.540. The molecule has 4 heteroatoms. The van der Waals surface area contributed by atoms with E-state index in [0.717, 1.165) is 13.0 Å². The van der Waals surface area contributed by atoms with Crippen molar-refractivity contribution in [1.82, 2.24) is 15.1 Å². The standard InChI is InChI=1S/C9H16ClN3/c1-8(5-10)11-4-3-9-6-12-13(2)7-9/h6-8,11H,3-5H2,1-2H3. The van der Waals surface area contributed by atoms with Crippen molar-refractivity contribution in [3.8, 4) is 0 Å². The molecule has 0 aliphatic carbocycles. The number of aromatic nitrogens is 2. The summed E-state index contributed by atoms with van der Waals surface area (Å²) in [5.74, 6) is 0.660. The van der Waals surface area contributed by atoms with Gasteiger partial charge in [0.1, 0.15) is 0 Å². The molecular weight excluding hydrogens is 186 g/mol. The van der Waals surface area contributed by atoms with Gasteiger partial charge in [0, 0.05) is 25.2 Å². The van der Waals surface area contributed by atoms with E-state index in [9.17, 15) is 0 Å². The predicted octanol–water partition coefficient (Wildman–Crippen LogP) is 1.18. The lowest BCUT2D eigenvalue weighted by Gasteiger charge is -2.08. The van der Waals surface area contributed by atoms with E-state index >= 15 is 0 Å². The van der Waals surface area contributed by atoms with Crippen LogP contribution >= 0.6 is 11.6 Å². The summed E-state index contributed by atoms with van der Waals surface area (Å²) in [6, 6.07) is 0.387. The number of alkyl halides is 1. The Morgan fingerprint density at radius 3 is 3.00 bits per heavy atom. The monoisotopic (exact) mass is 201 g/mol. The Kier molecular flexibility index (Phi) is 4.25. The van der Waals surface area contributed by atoms with Gasteiger partial charge in [-0.3, -0.25) is 4.68 Å². The molecular formula is C9H16ClN3. The van der Waals surface area contributed by atoms with Gasteiger partial charge in [0.15, 0.2) is 0 Å². The maximum atomic E-state index is 5.66. The molecule has 0 saturated carbocycles. The van der Waals surface area contributed by atoms with Crippen LogP contribution in [0.4, 0.5) is 0 Å². The highest BCUT2D eigenvalue weighted by Gasteiger charge is 1.99. The largest absolute Gasteiger partial charge is 0.313 e. The Balaban J connectivity index is 2.20. The molecule has 0 saturated heterocycles. The van der Waals surface area contributed by atoms with Crippen molar-refractivity contribution in [2.45, 2.75) is 19.4 Å². The number of halogens is 1. The summed E-state index contributed by atoms with van der Waals surface area (Å²) in [4.78, 5) is 0. The molecule has 0 amide bonds. The molecule has 0 fully saturated rings. The first-order valence-corrected chi connectivity index (χ1v) is 5.02. The average molecular weight is 202 g/mol. The lowest BCUT2D eigenvalue weighted by atomic mass is 10.2. The molecule has 0 aliphatic rings. The van der Waals surface area contributed by atoms with E-state index in [4.69, 9.17) is 11.6 Å². The molecule has 1 aromatic rings. The first-order chi connectivity index (χ1) is 6.22. The van der Waals surface area contributed by atoms with Crippen LogP contribution in [0.3, 0.4) is 0 Å². The van der Waals surface area contributed by atoms with Crippen molar-refractivity contribution in [1.29, 1.82) is 0 Å². The highest BCUT2D eigenvalue weighted by Crippen LogP contribution is 1.96. The zero-order chi connectivity index (χ0) is 9.68. The minimum Gasteiger partial charge on any atom is -0.313 e. The molecule has 1 atom stereocenters. The van der Waals surface area contributed by atoms with Gasteiger partial charge < -0.3 is 5.32 Å². The SMILES string of the molecule is CC(CCl)NCCc1cnn(C)c1. The van der Waals surface area contributed by atoms with Crippen LogP contribution in [0.1, 0.15) is 12.5 Å². The van der Waals surface area contributed by atoms with Gasteiger partial charge in [0.05, 0.1) is 6.20 Å². The van der Waals surface area contributed by atoms with Gasteiger partial charge in [-0.15, -0.1) is 11.6 Å². The first-order valence-electron chi connectivity index (χ1n) is 4.49. The lowest BCUT2D eigenvalue weighted by molar-refractivity contribution is 0.594. The number of hydrogen-bond acceptors (Lipinski definition) is 2. The summed E-state index contributed by atoms with van der Waals surface area (Å²) in [7, 11) is 1.93. The molecule has 1 aromatic heterocycles. The summed E-state index contributed by atoms with van der Waals surface area (Å²) in [5.41, 5.74) is 1.26. The van der Waals surface area contributed by atoms with Gasteiger partial charge in [-0.1, -0.05) is 0 Å². The van der Waals surface area contributed by atoms with Crippen LogP contribution in [0.5, 0.6) is 0 Å². The fraction of sp³-hybridized carbons (Fsp3) is 0.667. The van der Waals surface area contributed by atoms with Crippen LogP contribution < -0.4 is 5.32 Å². The number of nitrogens with one attached hydrogen (secondary N) is 1. The molecule has 13 heavy (non-hydrogen) atoms. The fourth-order valence-electron chi connectivity index (χ4n) is 1.12. The van der Waals surface area contributed by atoms with E-state index < -0.39 is 0 Å². The second-order valence-electron chi connectivity index (χ2n) is 3.28. The summed E-state index contributed by atoms with van der Waals surface area (Å²) < 4.78 is 1.82. The van der Waals surface area contributed by atoms with Crippen LogP contribution in [0.2, 0.25) is 0 Å². The summed E-state index contributed by atoms with van der Waals surface area (Å²) >= 11 is 5.66. The van der Waals surface area contributed by atoms with E-state index in [0.29, 0.717) is 11.9 Å². The van der Waals surface area contributed by atoms with Crippen molar-refractivity contribution in [3.05, 3.63) is 18.0 Å². The molecule has 0 bridgehead atoms. The fourth-order valence-corrected chi connectivity index (χ4v) is 1.23. The number of aryl methyl sites for hydroxylation is 1. The molecule has 0 spiro atoms. The Morgan fingerprint density at radius 1 is 1.69 bits per heavy atom. The third-order valence-electron chi connectivity index (χ3n) is 1.90. The lowest BCUT2D eigenvalue weighted by Crippen LogP contribution is -2.29. The van der Waals surface area contributed by atoms with E-state index in [1.165, 1.54) is 5.56 Å². The summed E-state index contributed by atoms with van der Waals surface area (Å²) in [6.45, 7) is 3.04. The molecule has 1 heterocycles. The van der Waals surface area contributed by atoms with Gasteiger partial charge in [0.25, 0.3) is 0 Å². The van der Waals surface area contributed by atoms with Gasteiger partial charge in [0.2, 0.25) is 0 Å². The molecule has 1 rings (SSSR count). The average Bonchev–Trinajstić information content (AvgIpc) is 2.51. The van der Waals surface area contributed by atoms with Crippen LogP contribution in [0, 0.1) is 0 Å². The van der Waals surface area contributed by atoms with Crippen molar-refractivity contribution in [2.24, 2.45) is 7.05 Å². The Morgan fingerprint density at radius 2 is 2.46 bits per heavy atom. The predicted molar refractivity (Wildman–Crippen MR) is 55.1 cm³/mol. The number of rotatable bonds is 5. The van der Waals surface area contributed by atoms with Crippen molar-refractivity contribution >= 4 is 11.6 Å². The van der Waals surface area contributed by atoms with Crippen LogP contribution in [0.15, 0.2) is 12.4 Å². The van der Waals surface area contributed by atoms with Gasteiger partial charge in [-0.2, -0.15) is 5.10 Å². The number of hydrogen-bond donors (Lipinski definition) is 1. The molecule has 3 nitrogen and oxygen atoms in total. The Labute approximate surface area is 84.1 Å². The van der Waals surface area contributed by atoms with E-state index in [1.807, 2.05) is 24.1 Å². The zero-order valence-electron chi connectivity index (χ0n) is 8.13. The second-order valence-corrected chi connectivity index (χ2v) is 3.59. The van der Waals surface area contributed by atoms with Crippen LogP contribution in [0.25, 0.3) is 0 Å². The van der Waals surface area contributed by atoms with E-state index in [2.05, 4.69) is 17.3 Å². The quantitative estimate of drug-likeness (QED) is 0.726. The van der Waals surface area contributed by atoms with E-state index in [-0.39, 0.29) is 0 Å². The van der Waals surface area contributed by atoms with E-state index in [1.54, 1.807) is 0 Å². The van der Waals surface area contributed by atoms with Gasteiger partial charge >= 0.3 is 0 Å². The molecule has 1 unspecified atom stereocenters. The highest BCUT2D eigenvalue weighted by molar-refractivity contribution is 6.18. The molecule has 0 aromatic carbocycles. The van der Waals surface area contributed by atoms with Crippen molar-refractivity contribution in [2.75, 3.05) is 12.4 Å². The van der Waals surface area contributed by atoms with Crippen molar-refractivity contribution < 1.29 is 0 Å². The van der Waals surface area contributed by atoms with Crippen molar-refractivity contribution in [3.63, 3.8) is 0 Å². The summed E-state index contributed by atoms with van der Waals surface area (Å²) in [5, 5.41) is 7.42. The van der Waals surface area contributed by atoms with Gasteiger partial charge in [-0.25, -0.2) is 0 Å². The minimum absolute atomic E-state index is 0.387. The first kappa shape index (κ1) is 10.5. The zero-order valence-corrected chi connectivity index (χ0v) is 8.88. The smallest absolute Gasteiger partial charge is 0.0522 e. The third kappa shape index (κ3) is 3.79. The summed E-state index contributed by atoms with van der Waals surface area (Å²) in [6.07, 6.45) is 4.94. The maximum Gasteiger partial charge on any atom is 0.0522 e. The topological polar surface area (TPSA) is 29.9 Å². The van der Waals surface area contributed by atoms with Gasteiger partial charge in [-0.05, 0) is 25.5 Å². The molecule has 74 valence electrons. The molecule has 1 N–H and O–H groups in total. The van der Waals surface area contributed by atoms with Crippen LogP contribution in [-0.4, -0.2) is 28.2 Å². The third-order valence-corrected chi connectivity index (χ3v) is 2.36. The maximum absolute atomic E-state index is 5.66. The normalized spacial score (nSPS) is 13.2. The minimum atomic E-state index is 0.387.